The van der Waals surface area contributed by atoms with Crippen molar-refractivity contribution in [3.05, 3.63) is 90.0 Å². The van der Waals surface area contributed by atoms with E-state index in [0.717, 1.165) is 0 Å². The predicted molar refractivity (Wildman–Crippen MR) is 123 cm³/mol. The van der Waals surface area contributed by atoms with Crippen molar-refractivity contribution < 1.29 is 28.9 Å². The highest BCUT2D eigenvalue weighted by molar-refractivity contribution is 5.97. The SMILES string of the molecule is O=C(N[C@H]1CO[C@H]2[C@@H]1OC[C@@H]2NC(=O)c1ccccc1O)c1cccc(Oc2ccccc2)c1. The molecule has 4 atom stereocenters. The van der Waals surface area contributed by atoms with Crippen LogP contribution in [-0.2, 0) is 9.47 Å². The molecule has 3 N–H and O–H groups in total. The molecule has 8 nitrogen and oxygen atoms in total. The minimum atomic E-state index is -0.404. The van der Waals surface area contributed by atoms with Gasteiger partial charge in [0.15, 0.2) is 0 Å². The van der Waals surface area contributed by atoms with E-state index >= 15 is 0 Å². The molecular weight excluding hydrogens is 436 g/mol. The van der Waals surface area contributed by atoms with Crippen LogP contribution < -0.4 is 15.4 Å². The average Bonchev–Trinajstić information content (AvgIpc) is 3.43. The first kappa shape index (κ1) is 21.9. The normalized spacial score (nSPS) is 23.2. The molecular formula is C26H24N2O6. The number of hydrogen-bond acceptors (Lipinski definition) is 6. The highest BCUT2D eigenvalue weighted by Crippen LogP contribution is 2.28. The van der Waals surface area contributed by atoms with Crippen molar-refractivity contribution in [3.63, 3.8) is 0 Å². The van der Waals surface area contributed by atoms with Crippen molar-refractivity contribution in [2.24, 2.45) is 0 Å². The van der Waals surface area contributed by atoms with Crippen LogP contribution in [0, 0.1) is 0 Å². The van der Waals surface area contributed by atoms with Crippen molar-refractivity contribution >= 4 is 11.8 Å². The Morgan fingerprint density at radius 3 is 2.09 bits per heavy atom. The predicted octanol–water partition coefficient (Wildman–Crippen LogP) is 2.88. The van der Waals surface area contributed by atoms with E-state index in [-0.39, 0.29) is 48.6 Å². The Labute approximate surface area is 196 Å². The maximum Gasteiger partial charge on any atom is 0.255 e. The second-order valence-electron chi connectivity index (χ2n) is 8.22. The zero-order valence-electron chi connectivity index (χ0n) is 18.2. The maximum absolute atomic E-state index is 12.9. The summed E-state index contributed by atoms with van der Waals surface area (Å²) in [6.45, 7) is 0.520. The van der Waals surface area contributed by atoms with Crippen molar-refractivity contribution in [1.29, 1.82) is 0 Å². The summed E-state index contributed by atoms with van der Waals surface area (Å²) >= 11 is 0. The van der Waals surface area contributed by atoms with Gasteiger partial charge in [0.2, 0.25) is 0 Å². The molecule has 0 aliphatic carbocycles. The molecule has 2 saturated heterocycles. The third-order valence-electron chi connectivity index (χ3n) is 5.91. The molecule has 2 heterocycles. The van der Waals surface area contributed by atoms with Gasteiger partial charge >= 0.3 is 0 Å². The molecule has 0 saturated carbocycles. The highest BCUT2D eigenvalue weighted by atomic mass is 16.6. The molecule has 2 fully saturated rings. The molecule has 5 rings (SSSR count). The molecule has 2 aliphatic heterocycles. The third kappa shape index (κ3) is 4.59. The van der Waals surface area contributed by atoms with Gasteiger partial charge < -0.3 is 30.0 Å². The van der Waals surface area contributed by atoms with Crippen molar-refractivity contribution in [3.8, 4) is 17.2 Å². The molecule has 3 aromatic carbocycles. The Morgan fingerprint density at radius 2 is 1.38 bits per heavy atom. The van der Waals surface area contributed by atoms with Crippen LogP contribution in [0.3, 0.4) is 0 Å². The number of carbonyl (C=O) groups is 2. The molecule has 0 radical (unpaired) electrons. The Hall–Kier alpha value is -3.88. The number of ether oxygens (including phenoxy) is 3. The molecule has 174 valence electrons. The first-order chi connectivity index (χ1) is 16.6. The minimum absolute atomic E-state index is 0.0913. The summed E-state index contributed by atoms with van der Waals surface area (Å²) in [6.07, 6.45) is -0.782. The quantitative estimate of drug-likeness (QED) is 0.522. The van der Waals surface area contributed by atoms with Crippen LogP contribution in [0.25, 0.3) is 0 Å². The van der Waals surface area contributed by atoms with E-state index in [1.165, 1.54) is 6.07 Å². The van der Waals surface area contributed by atoms with Gasteiger partial charge in [0.25, 0.3) is 11.8 Å². The van der Waals surface area contributed by atoms with E-state index in [9.17, 15) is 14.7 Å². The van der Waals surface area contributed by atoms with Crippen LogP contribution in [0.15, 0.2) is 78.9 Å². The largest absolute Gasteiger partial charge is 0.507 e. The number of amides is 2. The smallest absolute Gasteiger partial charge is 0.255 e. The summed E-state index contributed by atoms with van der Waals surface area (Å²) in [4.78, 5) is 25.5. The molecule has 34 heavy (non-hydrogen) atoms. The molecule has 3 aromatic rings. The van der Waals surface area contributed by atoms with Crippen LogP contribution in [0.1, 0.15) is 20.7 Å². The van der Waals surface area contributed by atoms with Crippen molar-refractivity contribution in [2.75, 3.05) is 13.2 Å². The van der Waals surface area contributed by atoms with E-state index in [2.05, 4.69) is 10.6 Å². The number of para-hydroxylation sites is 2. The maximum atomic E-state index is 12.9. The van der Waals surface area contributed by atoms with Gasteiger partial charge in [0.1, 0.15) is 29.5 Å². The zero-order chi connectivity index (χ0) is 23.5. The first-order valence-electron chi connectivity index (χ1n) is 11.0. The molecule has 0 bridgehead atoms. The standard InChI is InChI=1S/C26H24N2O6/c29-22-12-5-4-11-19(22)26(31)28-21-15-33-23-20(14-32-24(21)23)27-25(30)16-7-6-10-18(13-16)34-17-8-2-1-3-9-17/h1-13,20-21,23-24,29H,14-15H2,(H,27,30)(H,28,31)/t20-,21-,23+,24+/m0/s1. The van der Waals surface area contributed by atoms with E-state index in [1.807, 2.05) is 30.3 Å². The number of phenols is 1. The number of benzene rings is 3. The minimum Gasteiger partial charge on any atom is -0.507 e. The fourth-order valence-electron chi connectivity index (χ4n) is 4.24. The number of aromatic hydroxyl groups is 1. The van der Waals surface area contributed by atoms with Gasteiger partial charge in [-0.2, -0.15) is 0 Å². The van der Waals surface area contributed by atoms with Crippen LogP contribution >= 0.6 is 0 Å². The third-order valence-corrected chi connectivity index (χ3v) is 5.91. The summed E-state index contributed by atoms with van der Waals surface area (Å²) in [5.74, 6) is 0.481. The molecule has 0 spiro atoms. The van der Waals surface area contributed by atoms with E-state index in [4.69, 9.17) is 14.2 Å². The zero-order valence-corrected chi connectivity index (χ0v) is 18.2. The molecule has 8 heteroatoms. The van der Waals surface area contributed by atoms with E-state index in [1.54, 1.807) is 42.5 Å². The lowest BCUT2D eigenvalue weighted by atomic mass is 10.0. The second-order valence-corrected chi connectivity index (χ2v) is 8.22. The highest BCUT2D eigenvalue weighted by Gasteiger charge is 2.48. The molecule has 2 aliphatic rings. The first-order valence-corrected chi connectivity index (χ1v) is 11.0. The van der Waals surface area contributed by atoms with Crippen LogP contribution in [-0.4, -0.2) is 54.4 Å². The van der Waals surface area contributed by atoms with Gasteiger partial charge in [0, 0.05) is 5.56 Å². The van der Waals surface area contributed by atoms with Crippen molar-refractivity contribution in [1.82, 2.24) is 10.6 Å². The van der Waals surface area contributed by atoms with Gasteiger partial charge in [-0.1, -0.05) is 36.4 Å². The fourth-order valence-corrected chi connectivity index (χ4v) is 4.24. The Morgan fingerprint density at radius 1 is 0.765 bits per heavy atom. The van der Waals surface area contributed by atoms with Gasteiger partial charge in [-0.3, -0.25) is 9.59 Å². The summed E-state index contributed by atoms with van der Waals surface area (Å²) in [7, 11) is 0. The number of nitrogens with one attached hydrogen (secondary N) is 2. The summed E-state index contributed by atoms with van der Waals surface area (Å²) in [5.41, 5.74) is 0.644. The second kappa shape index (κ2) is 9.54. The Kier molecular flexibility index (Phi) is 6.16. The Bertz CT molecular complexity index is 1180. The van der Waals surface area contributed by atoms with Crippen LogP contribution in [0.5, 0.6) is 17.2 Å². The summed E-state index contributed by atoms with van der Waals surface area (Å²) in [5, 5.41) is 15.8. The molecule has 0 unspecified atom stereocenters. The van der Waals surface area contributed by atoms with E-state index in [0.29, 0.717) is 17.1 Å². The molecule has 2 amide bonds. The lowest BCUT2D eigenvalue weighted by molar-refractivity contribution is 0.0628. The topological polar surface area (TPSA) is 106 Å². The van der Waals surface area contributed by atoms with Crippen LogP contribution in [0.4, 0.5) is 0 Å². The fraction of sp³-hybridized carbons (Fsp3) is 0.231. The monoisotopic (exact) mass is 460 g/mol. The van der Waals surface area contributed by atoms with E-state index < -0.39 is 12.0 Å². The van der Waals surface area contributed by atoms with Gasteiger partial charge in [-0.05, 0) is 42.5 Å². The van der Waals surface area contributed by atoms with Gasteiger partial charge in [0.05, 0.1) is 30.9 Å². The lowest BCUT2D eigenvalue weighted by Crippen LogP contribution is -2.46. The number of phenolic OH excluding ortho intramolecular Hbond substituents is 1. The molecule has 0 aromatic heterocycles. The van der Waals surface area contributed by atoms with Crippen molar-refractivity contribution in [2.45, 2.75) is 24.3 Å². The lowest BCUT2D eigenvalue weighted by Gasteiger charge is -2.19. The summed E-state index contributed by atoms with van der Waals surface area (Å²) < 4.78 is 17.6. The number of carbonyl (C=O) groups excluding carboxylic acids is 2. The van der Waals surface area contributed by atoms with Gasteiger partial charge in [-0.25, -0.2) is 0 Å². The summed E-state index contributed by atoms with van der Waals surface area (Å²) in [6, 6.07) is 21.9. The van der Waals surface area contributed by atoms with Crippen LogP contribution in [0.2, 0.25) is 0 Å². The Balaban J connectivity index is 1.20. The number of hydrogen-bond donors (Lipinski definition) is 3. The average molecular weight is 460 g/mol. The number of rotatable bonds is 6. The number of fused-ring (bicyclic) bond motifs is 1. The van der Waals surface area contributed by atoms with Gasteiger partial charge in [-0.15, -0.1) is 0 Å².